The Balaban J connectivity index is 1.13. The molecule has 11 aromatic rings. The summed E-state index contributed by atoms with van der Waals surface area (Å²) in [6.07, 6.45) is 1.83. The van der Waals surface area contributed by atoms with Crippen LogP contribution in [-0.2, 0) is 12.8 Å². The van der Waals surface area contributed by atoms with Crippen LogP contribution in [0.1, 0.15) is 22.3 Å². The van der Waals surface area contributed by atoms with Gasteiger partial charge in [0.25, 0.3) is 0 Å². The van der Waals surface area contributed by atoms with Crippen LogP contribution in [0.4, 0.5) is 34.1 Å². The first-order valence-electron chi connectivity index (χ1n) is 22.3. The van der Waals surface area contributed by atoms with Crippen molar-refractivity contribution in [3.63, 3.8) is 0 Å². The summed E-state index contributed by atoms with van der Waals surface area (Å²) in [4.78, 5) is 4.95. The molecule has 0 amide bonds. The number of nitrogens with zero attached hydrogens (tertiary/aromatic N) is 2. The van der Waals surface area contributed by atoms with Crippen molar-refractivity contribution in [3.05, 3.63) is 253 Å². The predicted octanol–water partition coefficient (Wildman–Crippen LogP) is 16.9. The summed E-state index contributed by atoms with van der Waals surface area (Å²) in [5, 5.41) is 7.37. The second-order valence-electron chi connectivity index (χ2n) is 17.3. The zero-order valence-corrected chi connectivity index (χ0v) is 35.2. The Bertz CT molecular complexity index is 3530. The van der Waals surface area contributed by atoms with Crippen molar-refractivity contribution in [3.8, 4) is 33.4 Å². The van der Waals surface area contributed by atoms with Crippen molar-refractivity contribution in [2.75, 3.05) is 9.80 Å². The van der Waals surface area contributed by atoms with E-state index in [-0.39, 0.29) is 0 Å². The molecule has 0 N–H and O–H groups in total. The third-order valence-electron chi connectivity index (χ3n) is 13.6. The smallest absolute Gasteiger partial charge is 0.0497 e. The van der Waals surface area contributed by atoms with Crippen molar-refractivity contribution >= 4 is 66.4 Å². The summed E-state index contributed by atoms with van der Waals surface area (Å²) in [5.41, 5.74) is 19.9. The van der Waals surface area contributed by atoms with Gasteiger partial charge in [-0.25, -0.2) is 0 Å². The minimum Gasteiger partial charge on any atom is -0.310 e. The van der Waals surface area contributed by atoms with Gasteiger partial charge in [0, 0.05) is 47.0 Å². The van der Waals surface area contributed by atoms with Crippen LogP contribution in [0.2, 0.25) is 0 Å². The molecule has 0 atom stereocenters. The number of rotatable bonds is 5. The Morgan fingerprint density at radius 1 is 0.250 bits per heavy atom. The molecular formula is C62H42N2. The molecule has 0 radical (unpaired) electrons. The molecule has 0 aromatic heterocycles. The number of anilines is 6. The predicted molar refractivity (Wildman–Crippen MR) is 270 cm³/mol. The molecule has 0 spiro atoms. The second-order valence-corrected chi connectivity index (χ2v) is 17.3. The minimum absolute atomic E-state index is 0.917. The van der Waals surface area contributed by atoms with Gasteiger partial charge in [0.2, 0.25) is 0 Å². The van der Waals surface area contributed by atoms with Gasteiger partial charge in [-0.1, -0.05) is 176 Å². The van der Waals surface area contributed by atoms with Crippen LogP contribution in [0, 0.1) is 0 Å². The minimum atomic E-state index is 0.917. The first-order chi connectivity index (χ1) is 31.7. The molecule has 11 aromatic carbocycles. The topological polar surface area (TPSA) is 6.48 Å². The number of benzene rings is 11. The lowest BCUT2D eigenvalue weighted by molar-refractivity contribution is 1.09. The Hall–Kier alpha value is -8.20. The van der Waals surface area contributed by atoms with Gasteiger partial charge in [0.15, 0.2) is 0 Å². The normalized spacial score (nSPS) is 12.8. The van der Waals surface area contributed by atoms with E-state index < -0.39 is 0 Å². The van der Waals surface area contributed by atoms with Crippen molar-refractivity contribution in [2.24, 2.45) is 0 Å². The van der Waals surface area contributed by atoms with E-state index in [1.807, 2.05) is 0 Å². The summed E-state index contributed by atoms with van der Waals surface area (Å²) in [5.74, 6) is 0. The van der Waals surface area contributed by atoms with Crippen LogP contribution < -0.4 is 9.80 Å². The van der Waals surface area contributed by atoms with E-state index >= 15 is 0 Å². The summed E-state index contributed by atoms with van der Waals surface area (Å²) >= 11 is 0. The number of hydrogen-bond donors (Lipinski definition) is 0. The maximum absolute atomic E-state index is 2.48. The van der Waals surface area contributed by atoms with Crippen LogP contribution >= 0.6 is 0 Å². The second kappa shape index (κ2) is 14.7. The Kier molecular flexibility index (Phi) is 8.39. The van der Waals surface area contributed by atoms with Gasteiger partial charge in [0.05, 0.1) is 0 Å². The fraction of sp³-hybridized carbons (Fsp3) is 0.0323. The van der Waals surface area contributed by atoms with Gasteiger partial charge in [-0.05, 0) is 143 Å². The molecule has 0 saturated carbocycles. The highest BCUT2D eigenvalue weighted by atomic mass is 15.2. The summed E-state index contributed by atoms with van der Waals surface area (Å²) in [6, 6.07) is 85.6. The average molecular weight is 815 g/mol. The van der Waals surface area contributed by atoms with E-state index in [2.05, 4.69) is 240 Å². The van der Waals surface area contributed by atoms with Crippen molar-refractivity contribution < 1.29 is 0 Å². The summed E-state index contributed by atoms with van der Waals surface area (Å²) < 4.78 is 0. The Morgan fingerprint density at radius 2 is 0.641 bits per heavy atom. The molecule has 0 unspecified atom stereocenters. The molecule has 0 fully saturated rings. The number of fused-ring (bicyclic) bond motifs is 7. The molecule has 2 heteroatoms. The van der Waals surface area contributed by atoms with Gasteiger partial charge < -0.3 is 9.80 Å². The van der Waals surface area contributed by atoms with Crippen LogP contribution in [-0.4, -0.2) is 0 Å². The van der Waals surface area contributed by atoms with Crippen LogP contribution in [0.15, 0.2) is 231 Å². The first kappa shape index (κ1) is 36.5. The van der Waals surface area contributed by atoms with Crippen LogP contribution in [0.3, 0.4) is 0 Å². The lowest BCUT2D eigenvalue weighted by atomic mass is 9.84. The van der Waals surface area contributed by atoms with E-state index in [4.69, 9.17) is 0 Å². The van der Waals surface area contributed by atoms with Gasteiger partial charge in [-0.2, -0.15) is 0 Å². The largest absolute Gasteiger partial charge is 0.310 e. The zero-order chi connectivity index (χ0) is 42.1. The fourth-order valence-corrected chi connectivity index (χ4v) is 10.6. The van der Waals surface area contributed by atoms with E-state index in [9.17, 15) is 0 Å². The summed E-state index contributed by atoms with van der Waals surface area (Å²) in [7, 11) is 0. The molecule has 64 heavy (non-hydrogen) atoms. The van der Waals surface area contributed by atoms with Crippen LogP contribution in [0.25, 0.3) is 65.7 Å². The van der Waals surface area contributed by atoms with Gasteiger partial charge in [-0.15, -0.1) is 0 Å². The fourth-order valence-electron chi connectivity index (χ4n) is 10.6. The average Bonchev–Trinajstić information content (AvgIpc) is 3.36. The van der Waals surface area contributed by atoms with E-state index in [0.717, 1.165) is 24.2 Å². The molecular weight excluding hydrogens is 773 g/mol. The quantitative estimate of drug-likeness (QED) is 0.160. The monoisotopic (exact) mass is 814 g/mol. The third kappa shape index (κ3) is 5.87. The molecule has 300 valence electrons. The van der Waals surface area contributed by atoms with Crippen molar-refractivity contribution in [1.82, 2.24) is 0 Å². The highest BCUT2D eigenvalue weighted by Crippen LogP contribution is 2.51. The van der Waals surface area contributed by atoms with Gasteiger partial charge in [-0.3, -0.25) is 0 Å². The molecule has 2 nitrogen and oxygen atoms in total. The van der Waals surface area contributed by atoms with Crippen molar-refractivity contribution in [1.29, 1.82) is 0 Å². The van der Waals surface area contributed by atoms with Gasteiger partial charge in [0.1, 0.15) is 0 Å². The molecule has 2 heterocycles. The highest BCUT2D eigenvalue weighted by molar-refractivity contribution is 6.23. The molecule has 0 bridgehead atoms. The number of para-hydroxylation sites is 4. The SMILES string of the molecule is c1ccc(-c2ccc(-c3c4ccc(N5c6ccccc6Cc6ccccc65)cc4c(-c4ccc5ccccc5c4)c4ccc(N5c6ccccc6Cc6ccccc65)cc34)cc2)cc1. The highest BCUT2D eigenvalue weighted by Gasteiger charge is 2.28. The first-order valence-corrected chi connectivity index (χ1v) is 22.3. The molecule has 2 aliphatic rings. The Labute approximate surface area is 373 Å². The van der Waals surface area contributed by atoms with E-state index in [1.165, 1.54) is 111 Å². The maximum atomic E-state index is 2.48. The molecule has 2 aliphatic heterocycles. The molecule has 0 saturated heterocycles. The lowest BCUT2D eigenvalue weighted by Gasteiger charge is -2.34. The Morgan fingerprint density at radius 3 is 1.16 bits per heavy atom. The summed E-state index contributed by atoms with van der Waals surface area (Å²) in [6.45, 7) is 0. The van der Waals surface area contributed by atoms with E-state index in [1.54, 1.807) is 0 Å². The van der Waals surface area contributed by atoms with Gasteiger partial charge >= 0.3 is 0 Å². The van der Waals surface area contributed by atoms with Crippen molar-refractivity contribution in [2.45, 2.75) is 12.8 Å². The number of hydrogen-bond acceptors (Lipinski definition) is 2. The standard InChI is InChI=1S/C62H42N2/c1-2-14-41(15-3-1)43-26-29-44(30-27-43)61-53-34-32-52(64-59-24-12-8-20-48(59)38-49-21-9-13-25-60(49)64)40-56(53)62(50-31-28-42-16-4-5-17-45(42)36-50)54-35-33-51(39-55(54)61)63-57-22-10-6-18-46(57)37-47-19-7-11-23-58(47)63/h1-36,39-40H,37-38H2. The maximum Gasteiger partial charge on any atom is 0.0497 e. The third-order valence-corrected chi connectivity index (χ3v) is 13.6. The van der Waals surface area contributed by atoms with E-state index in [0.29, 0.717) is 0 Å². The zero-order valence-electron chi connectivity index (χ0n) is 35.2. The molecule has 0 aliphatic carbocycles. The van der Waals surface area contributed by atoms with Crippen LogP contribution in [0.5, 0.6) is 0 Å². The molecule has 13 rings (SSSR count). The lowest BCUT2D eigenvalue weighted by Crippen LogP contribution is -2.18.